The molecule has 0 fully saturated rings. The maximum Gasteiger partial charge on any atom is 0.105 e. The van der Waals surface area contributed by atoms with Crippen molar-refractivity contribution in [1.82, 2.24) is 0 Å². The van der Waals surface area contributed by atoms with Crippen LogP contribution in [-0.4, -0.2) is 22.2 Å². The molecule has 1 aromatic rings. The molecule has 0 amide bonds. The second-order valence-corrected chi connectivity index (χ2v) is 4.06. The molecule has 1 rings (SSSR count). The Hall–Kier alpha value is -0.480. The van der Waals surface area contributed by atoms with Crippen LogP contribution in [0, 0.1) is 0 Å². The van der Waals surface area contributed by atoms with Gasteiger partial charge < -0.3 is 15.9 Å². The van der Waals surface area contributed by atoms with Gasteiger partial charge in [0.2, 0.25) is 0 Å². The van der Waals surface area contributed by atoms with Crippen LogP contribution in [0.5, 0.6) is 0 Å². The van der Waals surface area contributed by atoms with Gasteiger partial charge in [-0.2, -0.15) is 0 Å². The lowest BCUT2D eigenvalue weighted by Gasteiger charge is -2.17. The molecule has 0 spiro atoms. The van der Waals surface area contributed by atoms with Crippen molar-refractivity contribution < 1.29 is 10.2 Å². The molecule has 0 bridgehead atoms. The van der Waals surface area contributed by atoms with E-state index in [9.17, 15) is 10.2 Å². The molecule has 0 aromatic heterocycles. The number of nitrogen functional groups attached to an aromatic ring is 1. The number of rotatable bonds is 4. The molecule has 0 saturated carbocycles. The van der Waals surface area contributed by atoms with Gasteiger partial charge in [-0.25, -0.2) is 0 Å². The molecule has 1 aromatic carbocycles. The summed E-state index contributed by atoms with van der Waals surface area (Å²) < 4.78 is 0. The average molecular weight is 250 g/mol. The van der Waals surface area contributed by atoms with Crippen LogP contribution in [0.3, 0.4) is 0 Å². The van der Waals surface area contributed by atoms with Crippen LogP contribution in [-0.2, 0) is 0 Å². The van der Waals surface area contributed by atoms with Gasteiger partial charge in [-0.15, -0.1) is 11.6 Å². The minimum Gasteiger partial charge on any atom is -0.398 e. The standard InChI is InChI=1S/C10H13Cl2NO2/c11-4-3-9(14)10(15)6-1-2-8(13)7(12)5-6/h1-2,5,9-10,14-15H,3-4,13H2. The number of benzene rings is 1. The minimum absolute atomic E-state index is 0.293. The van der Waals surface area contributed by atoms with Crippen LogP contribution < -0.4 is 5.73 Å². The summed E-state index contributed by atoms with van der Waals surface area (Å²) in [6.45, 7) is 0. The summed E-state index contributed by atoms with van der Waals surface area (Å²) in [6.07, 6.45) is -1.55. The highest BCUT2D eigenvalue weighted by atomic mass is 35.5. The third-order valence-corrected chi connectivity index (χ3v) is 2.68. The molecule has 2 atom stereocenters. The van der Waals surface area contributed by atoms with E-state index in [0.29, 0.717) is 28.6 Å². The maximum atomic E-state index is 9.73. The lowest BCUT2D eigenvalue weighted by molar-refractivity contribution is 0.0170. The van der Waals surface area contributed by atoms with E-state index in [0.717, 1.165) is 0 Å². The van der Waals surface area contributed by atoms with Gasteiger partial charge in [0.1, 0.15) is 6.10 Å². The van der Waals surface area contributed by atoms with Crippen molar-refractivity contribution in [3.63, 3.8) is 0 Å². The average Bonchev–Trinajstić information content (AvgIpc) is 2.21. The molecule has 2 unspecified atom stereocenters. The van der Waals surface area contributed by atoms with Gasteiger partial charge in [-0.05, 0) is 24.1 Å². The summed E-state index contributed by atoms with van der Waals surface area (Å²) in [5.74, 6) is 0.293. The van der Waals surface area contributed by atoms with E-state index in [4.69, 9.17) is 28.9 Å². The van der Waals surface area contributed by atoms with Gasteiger partial charge >= 0.3 is 0 Å². The van der Waals surface area contributed by atoms with Gasteiger partial charge in [0, 0.05) is 5.88 Å². The molecule has 0 aliphatic carbocycles. The van der Waals surface area contributed by atoms with Crippen LogP contribution in [0.2, 0.25) is 5.02 Å². The molecule has 0 heterocycles. The number of nitrogens with two attached hydrogens (primary N) is 1. The number of anilines is 1. The molecule has 84 valence electrons. The summed E-state index contributed by atoms with van der Waals surface area (Å²) >= 11 is 11.3. The third-order valence-electron chi connectivity index (χ3n) is 2.14. The van der Waals surface area contributed by atoms with Gasteiger partial charge in [-0.3, -0.25) is 0 Å². The molecular formula is C10H13Cl2NO2. The molecule has 3 nitrogen and oxygen atoms in total. The topological polar surface area (TPSA) is 66.5 Å². The molecule has 5 heteroatoms. The van der Waals surface area contributed by atoms with Gasteiger partial charge in [-0.1, -0.05) is 17.7 Å². The first-order chi connectivity index (χ1) is 7.06. The van der Waals surface area contributed by atoms with E-state index >= 15 is 0 Å². The molecule has 0 saturated heterocycles. The third kappa shape index (κ3) is 3.24. The monoisotopic (exact) mass is 249 g/mol. The first-order valence-corrected chi connectivity index (χ1v) is 5.44. The minimum atomic E-state index is -0.984. The largest absolute Gasteiger partial charge is 0.398 e. The van der Waals surface area contributed by atoms with Crippen LogP contribution in [0.25, 0.3) is 0 Å². The fourth-order valence-electron chi connectivity index (χ4n) is 1.22. The zero-order chi connectivity index (χ0) is 11.4. The highest BCUT2D eigenvalue weighted by molar-refractivity contribution is 6.33. The Labute approximate surface area is 98.4 Å². The quantitative estimate of drug-likeness (QED) is 0.565. The van der Waals surface area contributed by atoms with E-state index in [1.165, 1.54) is 0 Å². The number of halogens is 2. The lowest BCUT2D eigenvalue weighted by atomic mass is 10.0. The molecule has 0 aliphatic heterocycles. The van der Waals surface area contributed by atoms with Crippen LogP contribution in [0.15, 0.2) is 18.2 Å². The second kappa shape index (κ2) is 5.56. The fourth-order valence-corrected chi connectivity index (χ4v) is 1.63. The highest BCUT2D eigenvalue weighted by Gasteiger charge is 2.18. The van der Waals surface area contributed by atoms with Crippen molar-refractivity contribution in [1.29, 1.82) is 0 Å². The SMILES string of the molecule is Nc1ccc(C(O)C(O)CCCl)cc1Cl. The lowest BCUT2D eigenvalue weighted by Crippen LogP contribution is -2.18. The van der Waals surface area contributed by atoms with E-state index in [1.54, 1.807) is 18.2 Å². The maximum absolute atomic E-state index is 9.73. The van der Waals surface area contributed by atoms with E-state index in [1.807, 2.05) is 0 Å². The predicted octanol–water partition coefficient (Wildman–Crippen LogP) is 1.95. The first kappa shape index (κ1) is 12.6. The molecule has 0 aliphatic rings. The Bertz CT molecular complexity index is 333. The van der Waals surface area contributed by atoms with Crippen molar-refractivity contribution in [2.75, 3.05) is 11.6 Å². The van der Waals surface area contributed by atoms with Crippen molar-refractivity contribution in [2.24, 2.45) is 0 Å². The Kier molecular flexibility index (Phi) is 4.67. The Morgan fingerprint density at radius 1 is 1.33 bits per heavy atom. The van der Waals surface area contributed by atoms with E-state index in [-0.39, 0.29) is 0 Å². The number of hydrogen-bond donors (Lipinski definition) is 3. The smallest absolute Gasteiger partial charge is 0.105 e. The zero-order valence-corrected chi connectivity index (χ0v) is 9.54. The van der Waals surface area contributed by atoms with Crippen molar-refractivity contribution in [2.45, 2.75) is 18.6 Å². The number of alkyl halides is 1. The Morgan fingerprint density at radius 3 is 2.53 bits per heavy atom. The number of hydrogen-bond acceptors (Lipinski definition) is 3. The summed E-state index contributed by atoms with van der Waals surface area (Å²) in [5, 5.41) is 19.6. The van der Waals surface area contributed by atoms with Crippen LogP contribution >= 0.6 is 23.2 Å². The van der Waals surface area contributed by atoms with Crippen LogP contribution in [0.1, 0.15) is 18.1 Å². The van der Waals surface area contributed by atoms with Crippen molar-refractivity contribution in [3.8, 4) is 0 Å². The molecule has 0 radical (unpaired) electrons. The highest BCUT2D eigenvalue weighted by Crippen LogP contribution is 2.26. The molecule has 4 N–H and O–H groups in total. The van der Waals surface area contributed by atoms with Crippen molar-refractivity contribution in [3.05, 3.63) is 28.8 Å². The van der Waals surface area contributed by atoms with E-state index in [2.05, 4.69) is 0 Å². The van der Waals surface area contributed by atoms with Crippen LogP contribution in [0.4, 0.5) is 5.69 Å². The normalized spacial score (nSPS) is 14.9. The number of aliphatic hydroxyl groups is 2. The number of aliphatic hydroxyl groups excluding tert-OH is 2. The Balaban J connectivity index is 2.81. The van der Waals surface area contributed by atoms with Crippen molar-refractivity contribution >= 4 is 28.9 Å². The Morgan fingerprint density at radius 2 is 2.00 bits per heavy atom. The molecular weight excluding hydrogens is 237 g/mol. The molecule has 15 heavy (non-hydrogen) atoms. The summed E-state index contributed by atoms with van der Waals surface area (Å²) in [6, 6.07) is 4.76. The van der Waals surface area contributed by atoms with Gasteiger partial charge in [0.05, 0.1) is 16.8 Å². The summed E-state index contributed by atoms with van der Waals surface area (Å²) in [7, 11) is 0. The van der Waals surface area contributed by atoms with E-state index < -0.39 is 12.2 Å². The zero-order valence-electron chi connectivity index (χ0n) is 8.03. The summed E-state index contributed by atoms with van der Waals surface area (Å²) in [5.41, 5.74) is 6.50. The predicted molar refractivity (Wildman–Crippen MR) is 62.2 cm³/mol. The van der Waals surface area contributed by atoms with Gasteiger partial charge in [0.15, 0.2) is 0 Å². The second-order valence-electron chi connectivity index (χ2n) is 3.27. The summed E-state index contributed by atoms with van der Waals surface area (Å²) in [4.78, 5) is 0. The fraction of sp³-hybridized carbons (Fsp3) is 0.400. The van der Waals surface area contributed by atoms with Gasteiger partial charge in [0.25, 0.3) is 0 Å². The first-order valence-electron chi connectivity index (χ1n) is 4.53.